The van der Waals surface area contributed by atoms with E-state index in [1.54, 1.807) is 18.3 Å². The number of ether oxygens (including phenoxy) is 1. The monoisotopic (exact) mass is 235 g/mol. The Morgan fingerprint density at radius 2 is 2.00 bits per heavy atom. The Labute approximate surface area is 103 Å². The minimum atomic E-state index is 0.0311. The molecule has 0 saturated heterocycles. The number of aromatic nitrogens is 1. The number of unbranched alkanes of at least 4 members (excludes halogenated alkanes) is 4. The molecule has 0 amide bonds. The fraction of sp³-hybridized carbons (Fsp3) is 0.571. The first-order valence-electron chi connectivity index (χ1n) is 6.34. The SMILES string of the molecule is CCCCCCCOc1ccc(C(C)=O)cn1. The van der Waals surface area contributed by atoms with Gasteiger partial charge in [0.25, 0.3) is 0 Å². The lowest BCUT2D eigenvalue weighted by Gasteiger charge is -2.05. The maximum atomic E-state index is 11.0. The van der Waals surface area contributed by atoms with Gasteiger partial charge in [-0.2, -0.15) is 0 Å². The first-order chi connectivity index (χ1) is 8.24. The van der Waals surface area contributed by atoms with E-state index >= 15 is 0 Å². The van der Waals surface area contributed by atoms with Crippen LogP contribution in [0.1, 0.15) is 56.3 Å². The zero-order valence-corrected chi connectivity index (χ0v) is 10.7. The molecule has 0 aliphatic heterocycles. The maximum absolute atomic E-state index is 11.0. The lowest BCUT2D eigenvalue weighted by atomic mass is 10.2. The first kappa shape index (κ1) is 13.7. The summed E-state index contributed by atoms with van der Waals surface area (Å²) in [5, 5.41) is 0. The van der Waals surface area contributed by atoms with E-state index in [4.69, 9.17) is 4.74 Å². The summed E-state index contributed by atoms with van der Waals surface area (Å²) in [6, 6.07) is 3.50. The summed E-state index contributed by atoms with van der Waals surface area (Å²) in [5.74, 6) is 0.633. The Balaban J connectivity index is 2.21. The highest BCUT2D eigenvalue weighted by Crippen LogP contribution is 2.09. The zero-order valence-electron chi connectivity index (χ0n) is 10.7. The van der Waals surface area contributed by atoms with E-state index in [1.807, 2.05) is 0 Å². The third kappa shape index (κ3) is 5.48. The molecule has 17 heavy (non-hydrogen) atoms. The molecule has 1 aromatic rings. The van der Waals surface area contributed by atoms with E-state index < -0.39 is 0 Å². The summed E-state index contributed by atoms with van der Waals surface area (Å²) in [6.07, 6.45) is 7.67. The van der Waals surface area contributed by atoms with Crippen LogP contribution >= 0.6 is 0 Å². The highest BCUT2D eigenvalue weighted by atomic mass is 16.5. The molecule has 1 aromatic heterocycles. The van der Waals surface area contributed by atoms with Crippen molar-refractivity contribution in [3.63, 3.8) is 0 Å². The van der Waals surface area contributed by atoms with Crippen LogP contribution in [0.25, 0.3) is 0 Å². The summed E-state index contributed by atoms with van der Waals surface area (Å²) in [5.41, 5.74) is 0.625. The van der Waals surface area contributed by atoms with Crippen LogP contribution in [0.3, 0.4) is 0 Å². The minimum Gasteiger partial charge on any atom is -0.478 e. The van der Waals surface area contributed by atoms with Crippen molar-refractivity contribution in [2.75, 3.05) is 6.61 Å². The molecule has 94 valence electrons. The van der Waals surface area contributed by atoms with Gasteiger partial charge in [-0.15, -0.1) is 0 Å². The van der Waals surface area contributed by atoms with Gasteiger partial charge in [-0.05, 0) is 19.4 Å². The third-order valence-corrected chi connectivity index (χ3v) is 2.64. The van der Waals surface area contributed by atoms with Crippen molar-refractivity contribution in [2.45, 2.75) is 46.0 Å². The fourth-order valence-electron chi connectivity index (χ4n) is 1.56. The lowest BCUT2D eigenvalue weighted by Crippen LogP contribution is -2.00. The number of rotatable bonds is 8. The van der Waals surface area contributed by atoms with Gasteiger partial charge < -0.3 is 4.74 Å². The van der Waals surface area contributed by atoms with Gasteiger partial charge in [-0.25, -0.2) is 4.98 Å². The van der Waals surface area contributed by atoms with Crippen LogP contribution in [0.15, 0.2) is 18.3 Å². The predicted molar refractivity (Wildman–Crippen MR) is 68.5 cm³/mol. The van der Waals surface area contributed by atoms with E-state index in [2.05, 4.69) is 11.9 Å². The number of hydrogen-bond acceptors (Lipinski definition) is 3. The molecule has 0 aromatic carbocycles. The van der Waals surface area contributed by atoms with E-state index in [-0.39, 0.29) is 5.78 Å². The number of Topliss-reactive ketones (excluding diaryl/α,β-unsaturated/α-hetero) is 1. The molecule has 0 bridgehead atoms. The molecule has 0 spiro atoms. The van der Waals surface area contributed by atoms with Crippen LogP contribution in [-0.2, 0) is 0 Å². The summed E-state index contributed by atoms with van der Waals surface area (Å²) in [4.78, 5) is 15.1. The standard InChI is InChI=1S/C14H21NO2/c1-3-4-5-6-7-10-17-14-9-8-13(11-15-14)12(2)16/h8-9,11H,3-7,10H2,1-2H3. The lowest BCUT2D eigenvalue weighted by molar-refractivity contribution is 0.101. The van der Waals surface area contributed by atoms with Crippen LogP contribution in [0.2, 0.25) is 0 Å². The summed E-state index contributed by atoms with van der Waals surface area (Å²) in [6.45, 7) is 4.44. The van der Waals surface area contributed by atoms with E-state index in [9.17, 15) is 4.79 Å². The fourth-order valence-corrected chi connectivity index (χ4v) is 1.56. The van der Waals surface area contributed by atoms with Crippen LogP contribution in [0.5, 0.6) is 5.88 Å². The quantitative estimate of drug-likeness (QED) is 0.510. The average molecular weight is 235 g/mol. The van der Waals surface area contributed by atoms with Crippen molar-refractivity contribution in [3.8, 4) is 5.88 Å². The maximum Gasteiger partial charge on any atom is 0.213 e. The Bertz CT molecular complexity index is 333. The van der Waals surface area contributed by atoms with Crippen molar-refractivity contribution >= 4 is 5.78 Å². The van der Waals surface area contributed by atoms with Gasteiger partial charge in [0.15, 0.2) is 5.78 Å². The summed E-state index contributed by atoms with van der Waals surface area (Å²) >= 11 is 0. The highest BCUT2D eigenvalue weighted by Gasteiger charge is 2.00. The number of pyridine rings is 1. The molecular weight excluding hydrogens is 214 g/mol. The number of ketones is 1. The van der Waals surface area contributed by atoms with Gasteiger partial charge in [0.2, 0.25) is 5.88 Å². The van der Waals surface area contributed by atoms with Gasteiger partial charge in [0.05, 0.1) is 6.61 Å². The van der Waals surface area contributed by atoms with E-state index in [0.29, 0.717) is 18.1 Å². The third-order valence-electron chi connectivity index (χ3n) is 2.64. The van der Waals surface area contributed by atoms with Crippen molar-refractivity contribution < 1.29 is 9.53 Å². The molecule has 0 N–H and O–H groups in total. The normalized spacial score (nSPS) is 10.2. The Kier molecular flexibility index (Phi) is 6.30. The topological polar surface area (TPSA) is 39.2 Å². The molecule has 1 heterocycles. The average Bonchev–Trinajstić information content (AvgIpc) is 2.34. The van der Waals surface area contributed by atoms with Gasteiger partial charge in [-0.1, -0.05) is 32.6 Å². The molecule has 0 saturated carbocycles. The molecule has 3 nitrogen and oxygen atoms in total. The summed E-state index contributed by atoms with van der Waals surface area (Å²) < 4.78 is 5.50. The molecule has 0 aliphatic carbocycles. The van der Waals surface area contributed by atoms with Crippen LogP contribution in [0.4, 0.5) is 0 Å². The van der Waals surface area contributed by atoms with Crippen LogP contribution < -0.4 is 4.74 Å². The van der Waals surface area contributed by atoms with Crippen LogP contribution in [0, 0.1) is 0 Å². The number of carbonyl (C=O) groups is 1. The van der Waals surface area contributed by atoms with E-state index in [1.165, 1.54) is 32.6 Å². The van der Waals surface area contributed by atoms with Gasteiger partial charge in [-0.3, -0.25) is 4.79 Å². The molecule has 0 unspecified atom stereocenters. The Morgan fingerprint density at radius 3 is 2.59 bits per heavy atom. The second kappa shape index (κ2) is 7.82. The van der Waals surface area contributed by atoms with Crippen molar-refractivity contribution in [1.82, 2.24) is 4.98 Å². The molecule has 0 radical (unpaired) electrons. The smallest absolute Gasteiger partial charge is 0.213 e. The number of carbonyl (C=O) groups excluding carboxylic acids is 1. The van der Waals surface area contributed by atoms with Crippen molar-refractivity contribution in [1.29, 1.82) is 0 Å². The van der Waals surface area contributed by atoms with Crippen molar-refractivity contribution in [2.24, 2.45) is 0 Å². The van der Waals surface area contributed by atoms with Gasteiger partial charge >= 0.3 is 0 Å². The highest BCUT2D eigenvalue weighted by molar-refractivity contribution is 5.93. The van der Waals surface area contributed by atoms with Crippen LogP contribution in [-0.4, -0.2) is 17.4 Å². The second-order valence-corrected chi connectivity index (χ2v) is 4.20. The molecule has 3 heteroatoms. The predicted octanol–water partition coefficient (Wildman–Crippen LogP) is 3.63. The largest absolute Gasteiger partial charge is 0.478 e. The van der Waals surface area contributed by atoms with Gasteiger partial charge in [0, 0.05) is 17.8 Å². The molecule has 1 rings (SSSR count). The zero-order chi connectivity index (χ0) is 12.5. The number of nitrogens with zero attached hydrogens (tertiary/aromatic N) is 1. The number of hydrogen-bond donors (Lipinski definition) is 0. The van der Waals surface area contributed by atoms with Crippen molar-refractivity contribution in [3.05, 3.63) is 23.9 Å². The summed E-state index contributed by atoms with van der Waals surface area (Å²) in [7, 11) is 0. The molecular formula is C14H21NO2. The molecule has 0 aliphatic rings. The van der Waals surface area contributed by atoms with E-state index in [0.717, 1.165) is 6.42 Å². The Morgan fingerprint density at radius 1 is 1.24 bits per heavy atom. The molecule has 0 fully saturated rings. The Hall–Kier alpha value is -1.38. The second-order valence-electron chi connectivity index (χ2n) is 4.20. The minimum absolute atomic E-state index is 0.0311. The van der Waals surface area contributed by atoms with Gasteiger partial charge in [0.1, 0.15) is 0 Å². The first-order valence-corrected chi connectivity index (χ1v) is 6.34. The molecule has 0 atom stereocenters.